The second kappa shape index (κ2) is 3.48. The Morgan fingerprint density at radius 2 is 1.50 bits per heavy atom. The van der Waals surface area contributed by atoms with Crippen LogP contribution in [0.15, 0.2) is 0 Å². The third-order valence-electron chi connectivity index (χ3n) is 0.694. The Morgan fingerprint density at radius 1 is 1.08 bits per heavy atom. The molecule has 0 amide bonds. The van der Waals surface area contributed by atoms with Crippen LogP contribution in [0.2, 0.25) is 0 Å². The second-order valence-electron chi connectivity index (χ2n) is 1.59. The maximum atomic E-state index is 11.8. The van der Waals surface area contributed by atoms with Gasteiger partial charge in [0.1, 0.15) is 0 Å². The average Bonchev–Trinajstić information content (AvgIpc) is 1.84. The predicted molar refractivity (Wildman–Crippen MR) is 23.4 cm³/mol. The van der Waals surface area contributed by atoms with E-state index < -0.39 is 18.8 Å². The van der Waals surface area contributed by atoms with E-state index in [1.807, 2.05) is 0 Å². The van der Waals surface area contributed by atoms with Crippen LogP contribution >= 0.6 is 0 Å². The van der Waals surface area contributed by atoms with Crippen LogP contribution in [-0.4, -0.2) is 18.8 Å². The van der Waals surface area contributed by atoms with E-state index in [2.05, 4.69) is 16.6 Å². The lowest BCUT2D eigenvalue weighted by Crippen LogP contribution is -2.37. The van der Waals surface area contributed by atoms with Crippen LogP contribution in [0.3, 0.4) is 0 Å². The van der Waals surface area contributed by atoms with Gasteiger partial charge in [-0.25, -0.2) is 9.13 Å². The number of rotatable bonds is 3. The first-order valence-corrected chi connectivity index (χ1v) is 2.38. The lowest BCUT2D eigenvalue weighted by atomic mass is 10.6. The molecule has 0 aromatic rings. The molecule has 0 aromatic heterocycles. The van der Waals surface area contributed by atoms with Crippen molar-refractivity contribution in [3.63, 3.8) is 0 Å². The summed E-state index contributed by atoms with van der Waals surface area (Å²) in [6.45, 7) is 0. The quantitative estimate of drug-likeness (QED) is 0.645. The molecular weight excluding hydrogens is 194 g/mol. The Labute approximate surface area is 63.1 Å². The van der Waals surface area contributed by atoms with Crippen molar-refractivity contribution in [2.24, 2.45) is 0 Å². The van der Waals surface area contributed by atoms with E-state index in [1.165, 1.54) is 0 Å². The number of alkyl halides is 6. The molecule has 0 fully saturated rings. The molecule has 0 N–H and O–H groups in total. The van der Waals surface area contributed by atoms with Gasteiger partial charge in [0.25, 0.3) is 6.36 Å². The van der Waals surface area contributed by atoms with Gasteiger partial charge in [-0.15, -0.1) is 13.2 Å². The van der Waals surface area contributed by atoms with Crippen molar-refractivity contribution in [1.29, 1.82) is 0 Å². The molecule has 0 aliphatic carbocycles. The molecule has 0 heterocycles. The third-order valence-corrected chi connectivity index (χ3v) is 0.694. The number of halogens is 6. The molecule has 1 unspecified atom stereocenters. The molecule has 0 rings (SSSR count). The van der Waals surface area contributed by atoms with Crippen molar-refractivity contribution >= 4 is 0 Å². The van der Waals surface area contributed by atoms with Crippen molar-refractivity contribution in [2.45, 2.75) is 18.8 Å². The molecule has 0 saturated heterocycles. The van der Waals surface area contributed by atoms with Crippen LogP contribution < -0.4 is 0 Å². The first kappa shape index (κ1) is 11.5. The Hall–Kier alpha value is -0.500. The molecule has 12 heavy (non-hydrogen) atoms. The molecule has 0 saturated carbocycles. The SMILES string of the molecule is [CH2]OC(F)(F)C(F)OC(F)(F)F. The fourth-order valence-electron chi connectivity index (χ4n) is 0.251. The van der Waals surface area contributed by atoms with Gasteiger partial charge in [-0.1, -0.05) is 0 Å². The highest BCUT2D eigenvalue weighted by Crippen LogP contribution is 2.29. The standard InChI is InChI=1S/C4H3F6O2/c1-11-3(6,7)2(5)12-4(8,9)10/h2H,1H2. The van der Waals surface area contributed by atoms with Crippen LogP contribution in [0.25, 0.3) is 0 Å². The van der Waals surface area contributed by atoms with Crippen LogP contribution in [0.1, 0.15) is 0 Å². The molecule has 0 aromatic carbocycles. The van der Waals surface area contributed by atoms with Gasteiger partial charge >= 0.3 is 12.5 Å². The van der Waals surface area contributed by atoms with E-state index in [4.69, 9.17) is 0 Å². The molecule has 1 radical (unpaired) electrons. The van der Waals surface area contributed by atoms with Crippen molar-refractivity contribution < 1.29 is 35.8 Å². The Balaban J connectivity index is 4.13. The molecule has 73 valence electrons. The molecule has 1 atom stereocenters. The molecule has 0 aliphatic heterocycles. The fraction of sp³-hybridized carbons (Fsp3) is 0.750. The number of hydrogen-bond donors (Lipinski definition) is 0. The summed E-state index contributed by atoms with van der Waals surface area (Å²) in [6.07, 6.45) is -14.1. The fourth-order valence-corrected chi connectivity index (χ4v) is 0.251. The summed E-state index contributed by atoms with van der Waals surface area (Å²) in [7, 11) is 2.07. The summed E-state index contributed by atoms with van der Waals surface area (Å²) in [5.41, 5.74) is 0. The Bertz CT molecular complexity index is 143. The topological polar surface area (TPSA) is 18.5 Å². The van der Waals surface area contributed by atoms with Crippen molar-refractivity contribution in [2.75, 3.05) is 0 Å². The van der Waals surface area contributed by atoms with E-state index in [9.17, 15) is 26.3 Å². The number of hydrogen-bond acceptors (Lipinski definition) is 2. The van der Waals surface area contributed by atoms with Gasteiger partial charge in [-0.05, 0) is 0 Å². The van der Waals surface area contributed by atoms with E-state index in [1.54, 1.807) is 0 Å². The highest BCUT2D eigenvalue weighted by atomic mass is 19.4. The smallest absolute Gasteiger partial charge is 0.314 e. The summed E-state index contributed by atoms with van der Waals surface area (Å²) in [5.74, 6) is 0. The van der Waals surface area contributed by atoms with Crippen LogP contribution in [0.5, 0.6) is 0 Å². The largest absolute Gasteiger partial charge is 0.525 e. The van der Waals surface area contributed by atoms with Gasteiger partial charge < -0.3 is 4.74 Å². The maximum Gasteiger partial charge on any atom is 0.525 e. The minimum atomic E-state index is -5.48. The highest BCUT2D eigenvalue weighted by Gasteiger charge is 2.48. The summed E-state index contributed by atoms with van der Waals surface area (Å²) in [6, 6.07) is 0. The third kappa shape index (κ3) is 3.77. The molecule has 8 heteroatoms. The lowest BCUT2D eigenvalue weighted by molar-refractivity contribution is -0.417. The zero-order chi connectivity index (χ0) is 9.99. The minimum Gasteiger partial charge on any atom is -0.314 e. The van der Waals surface area contributed by atoms with E-state index >= 15 is 0 Å². The molecular formula is C4H3F6O2. The zero-order valence-electron chi connectivity index (χ0n) is 5.37. The van der Waals surface area contributed by atoms with E-state index in [0.717, 1.165) is 0 Å². The summed E-state index contributed by atoms with van der Waals surface area (Å²) >= 11 is 0. The minimum absolute atomic E-state index is 2.07. The van der Waals surface area contributed by atoms with Crippen LogP contribution in [0.4, 0.5) is 26.3 Å². The molecule has 2 nitrogen and oxygen atoms in total. The van der Waals surface area contributed by atoms with Gasteiger partial charge in [0.15, 0.2) is 0 Å². The lowest BCUT2D eigenvalue weighted by Gasteiger charge is -2.19. The van der Waals surface area contributed by atoms with Gasteiger partial charge in [0.05, 0.1) is 7.11 Å². The molecule has 0 spiro atoms. The number of ether oxygens (including phenoxy) is 2. The van der Waals surface area contributed by atoms with Gasteiger partial charge in [0.2, 0.25) is 0 Å². The van der Waals surface area contributed by atoms with Gasteiger partial charge in [0, 0.05) is 0 Å². The first-order chi connectivity index (χ1) is 5.19. The summed E-state index contributed by atoms with van der Waals surface area (Å²) < 4.78 is 73.9. The highest BCUT2D eigenvalue weighted by molar-refractivity contribution is 4.57. The maximum absolute atomic E-state index is 11.8. The molecule has 0 aliphatic rings. The predicted octanol–water partition coefficient (Wildman–Crippen LogP) is 2.22. The van der Waals surface area contributed by atoms with E-state index in [0.29, 0.717) is 0 Å². The van der Waals surface area contributed by atoms with Crippen LogP contribution in [0, 0.1) is 7.11 Å². The van der Waals surface area contributed by atoms with Gasteiger partial charge in [-0.2, -0.15) is 8.78 Å². The average molecular weight is 197 g/mol. The monoisotopic (exact) mass is 197 g/mol. The van der Waals surface area contributed by atoms with E-state index in [-0.39, 0.29) is 0 Å². The normalized spacial score (nSPS) is 16.2. The zero-order valence-corrected chi connectivity index (χ0v) is 5.37. The summed E-state index contributed by atoms with van der Waals surface area (Å²) in [4.78, 5) is 0. The van der Waals surface area contributed by atoms with Crippen molar-refractivity contribution in [1.82, 2.24) is 0 Å². The van der Waals surface area contributed by atoms with Gasteiger partial charge in [-0.3, -0.25) is 0 Å². The van der Waals surface area contributed by atoms with Crippen molar-refractivity contribution in [3.8, 4) is 0 Å². The first-order valence-electron chi connectivity index (χ1n) is 2.38. The van der Waals surface area contributed by atoms with Crippen LogP contribution in [-0.2, 0) is 9.47 Å². The Morgan fingerprint density at radius 3 is 1.75 bits per heavy atom. The summed E-state index contributed by atoms with van der Waals surface area (Å²) in [5, 5.41) is 0. The van der Waals surface area contributed by atoms with Crippen molar-refractivity contribution in [3.05, 3.63) is 7.11 Å². The molecule has 0 bridgehead atoms. The second-order valence-corrected chi connectivity index (χ2v) is 1.59. The Kier molecular flexibility index (Phi) is 3.34.